The Morgan fingerprint density at radius 3 is 2.88 bits per heavy atom. The minimum absolute atomic E-state index is 0.234. The lowest BCUT2D eigenvalue weighted by Crippen LogP contribution is -2.12. The van der Waals surface area contributed by atoms with E-state index in [0.29, 0.717) is 5.69 Å². The average Bonchev–Trinajstić information content (AvgIpc) is 2.81. The van der Waals surface area contributed by atoms with E-state index in [1.54, 1.807) is 0 Å². The van der Waals surface area contributed by atoms with Gasteiger partial charge in [-0.15, -0.1) is 0 Å². The smallest absolute Gasteiger partial charge is 0.412 e. The molecule has 1 aromatic carbocycles. The van der Waals surface area contributed by atoms with Crippen molar-refractivity contribution >= 4 is 11.8 Å². The molecule has 0 aliphatic heterocycles. The maximum Gasteiger partial charge on any atom is 0.412 e. The molecule has 0 aliphatic rings. The van der Waals surface area contributed by atoms with Crippen LogP contribution in [0.1, 0.15) is 5.56 Å². The Morgan fingerprint density at radius 2 is 2.19 bits per heavy atom. The zero-order valence-electron chi connectivity index (χ0n) is 8.42. The lowest BCUT2D eigenvalue weighted by molar-refractivity contribution is 0.155. The molecule has 0 aliphatic carbocycles. The largest absolute Gasteiger partial charge is 0.444 e. The molecule has 0 fully saturated rings. The standard InChI is InChI=1S/C11H10N2O3/c14-11(13-10-6-12-16-8-10)15-7-9-4-2-1-3-5-9/h1-6,8H,7H2,(H,13,14). The molecule has 0 atom stereocenters. The van der Waals surface area contributed by atoms with Gasteiger partial charge in [-0.2, -0.15) is 0 Å². The van der Waals surface area contributed by atoms with Crippen LogP contribution in [0.25, 0.3) is 0 Å². The van der Waals surface area contributed by atoms with Crippen LogP contribution >= 0.6 is 0 Å². The number of carbonyl (C=O) groups is 1. The molecule has 0 unspecified atom stereocenters. The van der Waals surface area contributed by atoms with Gasteiger partial charge in [-0.25, -0.2) is 4.79 Å². The molecular formula is C11H10N2O3. The molecule has 0 radical (unpaired) electrons. The van der Waals surface area contributed by atoms with Gasteiger partial charge in [0.25, 0.3) is 0 Å². The van der Waals surface area contributed by atoms with Crippen molar-refractivity contribution in [3.05, 3.63) is 48.4 Å². The molecule has 1 heterocycles. The van der Waals surface area contributed by atoms with Crippen molar-refractivity contribution in [2.24, 2.45) is 0 Å². The minimum Gasteiger partial charge on any atom is -0.444 e. The number of ether oxygens (including phenoxy) is 1. The van der Waals surface area contributed by atoms with Crippen LogP contribution < -0.4 is 5.32 Å². The van der Waals surface area contributed by atoms with Crippen LogP contribution in [0.5, 0.6) is 0 Å². The molecule has 0 bridgehead atoms. The van der Waals surface area contributed by atoms with Crippen molar-refractivity contribution in [1.29, 1.82) is 0 Å². The highest BCUT2D eigenvalue weighted by Gasteiger charge is 2.04. The predicted octanol–water partition coefficient (Wildman–Crippen LogP) is 2.42. The second-order valence-corrected chi connectivity index (χ2v) is 3.10. The molecule has 1 amide bonds. The van der Waals surface area contributed by atoms with Crippen LogP contribution in [0.3, 0.4) is 0 Å². The number of nitrogens with one attached hydrogen (secondary N) is 1. The van der Waals surface area contributed by atoms with Gasteiger partial charge in [0.1, 0.15) is 18.6 Å². The second kappa shape index (κ2) is 4.97. The Hall–Kier alpha value is -2.30. The highest BCUT2D eigenvalue weighted by Crippen LogP contribution is 2.05. The van der Waals surface area contributed by atoms with Crippen molar-refractivity contribution in [3.63, 3.8) is 0 Å². The molecule has 82 valence electrons. The summed E-state index contributed by atoms with van der Waals surface area (Å²) in [5.74, 6) is 0. The molecule has 0 saturated heterocycles. The number of rotatable bonds is 3. The zero-order valence-corrected chi connectivity index (χ0v) is 8.42. The molecule has 5 heteroatoms. The SMILES string of the molecule is O=C(Nc1cnoc1)OCc1ccccc1. The van der Waals surface area contributed by atoms with E-state index in [9.17, 15) is 4.79 Å². The maximum atomic E-state index is 11.3. The van der Waals surface area contributed by atoms with Gasteiger partial charge in [0.2, 0.25) is 0 Å². The Labute approximate surface area is 92.0 Å². The first-order valence-corrected chi connectivity index (χ1v) is 4.71. The summed E-state index contributed by atoms with van der Waals surface area (Å²) in [6, 6.07) is 9.44. The third-order valence-corrected chi connectivity index (χ3v) is 1.89. The Kier molecular flexibility index (Phi) is 3.18. The van der Waals surface area contributed by atoms with Crippen LogP contribution in [0.2, 0.25) is 0 Å². The molecule has 0 saturated carbocycles. The molecule has 1 N–H and O–H groups in total. The molecule has 16 heavy (non-hydrogen) atoms. The fraction of sp³-hybridized carbons (Fsp3) is 0.0909. The van der Waals surface area contributed by atoms with E-state index in [4.69, 9.17) is 4.74 Å². The van der Waals surface area contributed by atoms with Crippen LogP contribution in [0.15, 0.2) is 47.3 Å². The van der Waals surface area contributed by atoms with E-state index in [1.807, 2.05) is 30.3 Å². The minimum atomic E-state index is -0.535. The summed E-state index contributed by atoms with van der Waals surface area (Å²) in [7, 11) is 0. The van der Waals surface area contributed by atoms with E-state index in [-0.39, 0.29) is 6.61 Å². The number of nitrogens with zero attached hydrogens (tertiary/aromatic N) is 1. The van der Waals surface area contributed by atoms with E-state index in [0.717, 1.165) is 5.56 Å². The lowest BCUT2D eigenvalue weighted by Gasteiger charge is -2.04. The van der Waals surface area contributed by atoms with Gasteiger partial charge in [-0.3, -0.25) is 5.32 Å². The first kappa shape index (κ1) is 10.2. The third-order valence-electron chi connectivity index (χ3n) is 1.89. The second-order valence-electron chi connectivity index (χ2n) is 3.10. The van der Waals surface area contributed by atoms with Crippen molar-refractivity contribution in [2.45, 2.75) is 6.61 Å². The van der Waals surface area contributed by atoms with Gasteiger partial charge in [0, 0.05) is 0 Å². The van der Waals surface area contributed by atoms with E-state index < -0.39 is 6.09 Å². The highest BCUT2D eigenvalue weighted by atomic mass is 16.5. The molecular weight excluding hydrogens is 208 g/mol. The van der Waals surface area contributed by atoms with Crippen LogP contribution in [-0.2, 0) is 11.3 Å². The molecule has 0 spiro atoms. The maximum absolute atomic E-state index is 11.3. The normalized spacial score (nSPS) is 9.75. The topological polar surface area (TPSA) is 64.4 Å². The molecule has 2 aromatic rings. The summed E-state index contributed by atoms with van der Waals surface area (Å²) in [6.45, 7) is 0.234. The fourth-order valence-electron chi connectivity index (χ4n) is 1.14. The molecule has 1 aromatic heterocycles. The number of anilines is 1. The van der Waals surface area contributed by atoms with E-state index in [1.165, 1.54) is 12.5 Å². The fourth-order valence-corrected chi connectivity index (χ4v) is 1.14. The van der Waals surface area contributed by atoms with Crippen LogP contribution in [0.4, 0.5) is 10.5 Å². The van der Waals surface area contributed by atoms with Crippen LogP contribution in [-0.4, -0.2) is 11.2 Å². The van der Waals surface area contributed by atoms with Gasteiger partial charge >= 0.3 is 6.09 Å². The van der Waals surface area contributed by atoms with Crippen molar-refractivity contribution in [3.8, 4) is 0 Å². The zero-order chi connectivity index (χ0) is 11.2. The van der Waals surface area contributed by atoms with Gasteiger partial charge in [0.15, 0.2) is 0 Å². The first-order valence-electron chi connectivity index (χ1n) is 4.71. The van der Waals surface area contributed by atoms with E-state index >= 15 is 0 Å². The number of hydrogen-bond donors (Lipinski definition) is 1. The summed E-state index contributed by atoms with van der Waals surface area (Å²) >= 11 is 0. The molecule has 2 rings (SSSR count). The number of amides is 1. The summed E-state index contributed by atoms with van der Waals surface area (Å²) in [5.41, 5.74) is 1.40. The predicted molar refractivity (Wildman–Crippen MR) is 56.8 cm³/mol. The number of aromatic nitrogens is 1. The third kappa shape index (κ3) is 2.84. The van der Waals surface area contributed by atoms with Gasteiger partial charge in [-0.1, -0.05) is 35.5 Å². The quantitative estimate of drug-likeness (QED) is 0.859. The lowest BCUT2D eigenvalue weighted by atomic mass is 10.2. The van der Waals surface area contributed by atoms with E-state index in [2.05, 4.69) is 15.0 Å². The first-order chi connectivity index (χ1) is 7.84. The van der Waals surface area contributed by atoms with Crippen molar-refractivity contribution in [2.75, 3.05) is 5.32 Å². The Morgan fingerprint density at radius 1 is 1.38 bits per heavy atom. The molecule has 5 nitrogen and oxygen atoms in total. The Bertz CT molecular complexity index is 440. The summed E-state index contributed by atoms with van der Waals surface area (Å²) in [6.07, 6.45) is 2.18. The van der Waals surface area contributed by atoms with Crippen molar-refractivity contribution < 1.29 is 14.1 Å². The number of benzene rings is 1. The Balaban J connectivity index is 1.80. The van der Waals surface area contributed by atoms with Gasteiger partial charge in [0.05, 0.1) is 6.20 Å². The number of carbonyl (C=O) groups excluding carboxylic acids is 1. The summed E-state index contributed by atoms with van der Waals surface area (Å²) in [5, 5.41) is 5.92. The number of hydrogen-bond acceptors (Lipinski definition) is 4. The van der Waals surface area contributed by atoms with Gasteiger partial charge in [-0.05, 0) is 5.56 Å². The highest BCUT2D eigenvalue weighted by molar-refractivity contribution is 5.83. The average molecular weight is 218 g/mol. The summed E-state index contributed by atoms with van der Waals surface area (Å²) in [4.78, 5) is 11.3. The van der Waals surface area contributed by atoms with Crippen molar-refractivity contribution in [1.82, 2.24) is 5.16 Å². The van der Waals surface area contributed by atoms with Gasteiger partial charge < -0.3 is 9.26 Å². The monoisotopic (exact) mass is 218 g/mol. The van der Waals surface area contributed by atoms with Crippen LogP contribution in [0, 0.1) is 0 Å². The summed E-state index contributed by atoms with van der Waals surface area (Å²) < 4.78 is 9.54.